The molecule has 0 saturated carbocycles. The van der Waals surface area contributed by atoms with E-state index in [0.29, 0.717) is 12.8 Å². The molecule has 0 spiro atoms. The van der Waals surface area contributed by atoms with Crippen molar-refractivity contribution in [3.05, 3.63) is 64.9 Å². The second-order valence-corrected chi connectivity index (χ2v) is 13.5. The van der Waals surface area contributed by atoms with Gasteiger partial charge >= 0.3 is 5.97 Å². The number of benzene rings is 2. The van der Waals surface area contributed by atoms with Gasteiger partial charge in [-0.2, -0.15) is 0 Å². The molecule has 3 amide bonds. The van der Waals surface area contributed by atoms with Crippen LogP contribution >= 0.6 is 11.3 Å². The Bertz CT molecular complexity index is 1460. The highest BCUT2D eigenvalue weighted by Gasteiger charge is 2.33. The average Bonchev–Trinajstić information content (AvgIpc) is 3.56. The van der Waals surface area contributed by atoms with E-state index in [1.54, 1.807) is 6.92 Å². The Morgan fingerprint density at radius 3 is 2.28 bits per heavy atom. The zero-order valence-electron chi connectivity index (χ0n) is 27.6. The smallest absolute Gasteiger partial charge is 0.303 e. The van der Waals surface area contributed by atoms with Crippen LogP contribution in [0.15, 0.2) is 60.0 Å². The number of aliphatic hydroxyl groups excluding tert-OH is 1. The number of nitrogens with one attached hydrogen (secondary N) is 4. The van der Waals surface area contributed by atoms with Crippen LogP contribution in [0.2, 0.25) is 0 Å². The lowest BCUT2D eigenvalue weighted by atomic mass is 9.96. The Kier molecular flexibility index (Phi) is 14.6. The highest BCUT2D eigenvalue weighted by molar-refractivity contribution is 7.09. The lowest BCUT2D eigenvalue weighted by Crippen LogP contribution is -2.59. The number of carbonyl (C=O) groups excluding carboxylic acids is 3. The van der Waals surface area contributed by atoms with Gasteiger partial charge in [-0.15, -0.1) is 11.3 Å². The van der Waals surface area contributed by atoms with E-state index in [4.69, 9.17) is 10.8 Å². The van der Waals surface area contributed by atoms with Gasteiger partial charge in [-0.25, -0.2) is 0 Å². The van der Waals surface area contributed by atoms with Gasteiger partial charge in [0.2, 0.25) is 17.7 Å². The molecule has 256 valence electrons. The van der Waals surface area contributed by atoms with Crippen molar-refractivity contribution in [3.63, 3.8) is 0 Å². The Balaban J connectivity index is 1.76. The van der Waals surface area contributed by atoms with E-state index in [2.05, 4.69) is 21.3 Å². The van der Waals surface area contributed by atoms with Gasteiger partial charge in [0.1, 0.15) is 12.1 Å². The molecule has 47 heavy (non-hydrogen) atoms. The summed E-state index contributed by atoms with van der Waals surface area (Å²) in [5.41, 5.74) is 6.78. The molecule has 1 heterocycles. The summed E-state index contributed by atoms with van der Waals surface area (Å²) in [6.07, 6.45) is -0.0151. The van der Waals surface area contributed by atoms with Gasteiger partial charge in [0.05, 0.1) is 18.2 Å². The zero-order chi connectivity index (χ0) is 34.5. The molecule has 3 rings (SSSR count). The van der Waals surface area contributed by atoms with E-state index in [1.165, 1.54) is 11.3 Å². The van der Waals surface area contributed by atoms with E-state index < -0.39 is 54.0 Å². The zero-order valence-corrected chi connectivity index (χ0v) is 28.4. The van der Waals surface area contributed by atoms with Gasteiger partial charge in [0.25, 0.3) is 0 Å². The molecular formula is C35H49N5O6S. The van der Waals surface area contributed by atoms with E-state index in [-0.39, 0.29) is 37.6 Å². The highest BCUT2D eigenvalue weighted by atomic mass is 32.1. The molecule has 0 aliphatic carbocycles. The fourth-order valence-electron chi connectivity index (χ4n) is 5.31. The molecular weight excluding hydrogens is 618 g/mol. The van der Waals surface area contributed by atoms with E-state index in [9.17, 15) is 24.3 Å². The molecule has 12 heteroatoms. The molecule has 11 nitrogen and oxygen atoms in total. The molecule has 2 aromatic carbocycles. The number of thiophene rings is 1. The maximum absolute atomic E-state index is 13.9. The minimum Gasteiger partial charge on any atom is -0.481 e. The number of amides is 3. The summed E-state index contributed by atoms with van der Waals surface area (Å²) in [7, 11) is 0. The van der Waals surface area contributed by atoms with Crippen LogP contribution in [0.1, 0.15) is 58.3 Å². The number of nitrogens with two attached hydrogens (primary N) is 1. The van der Waals surface area contributed by atoms with E-state index in [0.717, 1.165) is 21.3 Å². The van der Waals surface area contributed by atoms with Crippen LogP contribution in [-0.2, 0) is 25.6 Å². The molecule has 8 N–H and O–H groups in total. The molecule has 0 radical (unpaired) electrons. The summed E-state index contributed by atoms with van der Waals surface area (Å²) in [5, 5.41) is 36.1. The SMILES string of the molecule is CC[C@H](C)[C@H](NC(=O)[C@@H](N)CCC(=O)O)C(=O)N[C@@H](Cc1cccs1)C(=O)N[C@@H](CC(C)C)[C@H](O)CNc1cccc2ccccc12. The Hall–Kier alpha value is -4.00. The van der Waals surface area contributed by atoms with Gasteiger partial charge < -0.3 is 37.2 Å². The first kappa shape index (κ1) is 37.5. The Labute approximate surface area is 280 Å². The predicted octanol–water partition coefficient (Wildman–Crippen LogP) is 3.66. The van der Waals surface area contributed by atoms with Gasteiger partial charge in [0, 0.05) is 35.3 Å². The Morgan fingerprint density at radius 2 is 1.62 bits per heavy atom. The summed E-state index contributed by atoms with van der Waals surface area (Å²) in [5.74, 6) is -2.84. The number of hydrogen-bond donors (Lipinski definition) is 7. The summed E-state index contributed by atoms with van der Waals surface area (Å²) in [6, 6.07) is 13.9. The summed E-state index contributed by atoms with van der Waals surface area (Å²) in [4.78, 5) is 52.2. The standard InChI is InChI=1S/C35H49N5O6S/c1-5-22(4)32(40-33(44)26(36)15-16-31(42)43)35(46)39-29(19-24-12-9-17-47-24)34(45)38-28(18-21(2)3)30(41)20-37-27-14-8-11-23-10-6-7-13-25(23)27/h6-14,17,21-22,26,28-30,32,37,41H,5,15-16,18-20,36H2,1-4H3,(H,38,45)(H,39,46)(H,40,44)(H,42,43)/t22-,26-,28-,29-,30+,32-/m0/s1. The molecule has 0 fully saturated rings. The van der Waals surface area contributed by atoms with Crippen molar-refractivity contribution in [2.45, 2.75) is 90.1 Å². The maximum Gasteiger partial charge on any atom is 0.303 e. The highest BCUT2D eigenvalue weighted by Crippen LogP contribution is 2.23. The quantitative estimate of drug-likeness (QED) is 0.101. The van der Waals surface area contributed by atoms with Crippen molar-refractivity contribution in [1.29, 1.82) is 0 Å². The molecule has 0 aliphatic heterocycles. The molecule has 0 aliphatic rings. The third-order valence-electron chi connectivity index (χ3n) is 8.23. The maximum atomic E-state index is 13.9. The number of rotatable bonds is 19. The molecule has 0 saturated heterocycles. The molecule has 6 atom stereocenters. The van der Waals surface area contributed by atoms with Crippen molar-refractivity contribution >= 4 is 51.5 Å². The monoisotopic (exact) mass is 667 g/mol. The van der Waals surface area contributed by atoms with E-state index >= 15 is 0 Å². The normalized spacial score (nSPS) is 15.2. The second-order valence-electron chi connectivity index (χ2n) is 12.5. The minimum atomic E-state index is -1.10. The molecule has 3 aromatic rings. The number of aliphatic carboxylic acids is 1. The third-order valence-corrected chi connectivity index (χ3v) is 9.13. The molecule has 1 aromatic heterocycles. The largest absolute Gasteiger partial charge is 0.481 e. The van der Waals surface area contributed by atoms with E-state index in [1.807, 2.05) is 80.7 Å². The van der Waals surface area contributed by atoms with Crippen molar-refractivity contribution in [2.75, 3.05) is 11.9 Å². The van der Waals surface area contributed by atoms with Gasteiger partial charge in [-0.1, -0.05) is 76.6 Å². The third kappa shape index (κ3) is 11.6. The second kappa shape index (κ2) is 18.4. The first-order chi connectivity index (χ1) is 22.4. The fourth-order valence-corrected chi connectivity index (χ4v) is 6.06. The summed E-state index contributed by atoms with van der Waals surface area (Å²) in [6.45, 7) is 7.89. The fraction of sp³-hybridized carbons (Fsp3) is 0.486. The number of aliphatic hydroxyl groups is 1. The summed E-state index contributed by atoms with van der Waals surface area (Å²) >= 11 is 1.45. The number of hydrogen-bond acceptors (Lipinski definition) is 8. The number of fused-ring (bicyclic) bond motifs is 1. The first-order valence-electron chi connectivity index (χ1n) is 16.2. The predicted molar refractivity (Wildman–Crippen MR) is 186 cm³/mol. The van der Waals surface area contributed by atoms with Crippen molar-refractivity contribution in [3.8, 4) is 0 Å². The lowest BCUT2D eigenvalue weighted by molar-refractivity contribution is -0.137. The van der Waals surface area contributed by atoms with Crippen molar-refractivity contribution in [1.82, 2.24) is 16.0 Å². The number of carboxylic acids is 1. The van der Waals surface area contributed by atoms with Gasteiger partial charge in [-0.3, -0.25) is 19.2 Å². The van der Waals surface area contributed by atoms with Crippen LogP contribution in [0.25, 0.3) is 10.8 Å². The number of carbonyl (C=O) groups is 4. The van der Waals surface area contributed by atoms with Crippen LogP contribution in [-0.4, -0.2) is 70.7 Å². The summed E-state index contributed by atoms with van der Waals surface area (Å²) < 4.78 is 0. The topological polar surface area (TPSA) is 183 Å². The van der Waals surface area contributed by atoms with Crippen molar-refractivity contribution < 1.29 is 29.4 Å². The minimum absolute atomic E-state index is 0.0751. The molecule has 0 bridgehead atoms. The van der Waals surface area contributed by atoms with Crippen LogP contribution in [0.4, 0.5) is 5.69 Å². The molecule has 0 unspecified atom stereocenters. The van der Waals surface area contributed by atoms with Gasteiger partial charge in [-0.05, 0) is 47.6 Å². The Morgan fingerprint density at radius 1 is 0.894 bits per heavy atom. The van der Waals surface area contributed by atoms with Gasteiger partial charge in [0.15, 0.2) is 0 Å². The van der Waals surface area contributed by atoms with Crippen LogP contribution < -0.4 is 27.0 Å². The lowest BCUT2D eigenvalue weighted by Gasteiger charge is -2.30. The van der Waals surface area contributed by atoms with Crippen LogP contribution in [0.5, 0.6) is 0 Å². The first-order valence-corrected chi connectivity index (χ1v) is 17.1. The average molecular weight is 668 g/mol. The van der Waals surface area contributed by atoms with Crippen LogP contribution in [0.3, 0.4) is 0 Å². The van der Waals surface area contributed by atoms with Crippen molar-refractivity contribution in [2.24, 2.45) is 17.6 Å². The number of anilines is 1. The van der Waals surface area contributed by atoms with Crippen LogP contribution in [0, 0.1) is 11.8 Å². The number of carboxylic acid groups (broad SMARTS) is 1.